The van der Waals surface area contributed by atoms with E-state index in [0.29, 0.717) is 0 Å². The fourth-order valence-electron chi connectivity index (χ4n) is 0.206. The summed E-state index contributed by atoms with van der Waals surface area (Å²) in [7, 11) is 0. The van der Waals surface area contributed by atoms with Crippen molar-refractivity contribution in [3.63, 3.8) is 0 Å². The smallest absolute Gasteiger partial charge is 0.323 e. The molecule has 16 heavy (non-hydrogen) atoms. The first-order valence-electron chi connectivity index (χ1n) is 4.07. The minimum atomic E-state index is -1.18. The zero-order valence-electron chi connectivity index (χ0n) is 9.25. The summed E-state index contributed by atoms with van der Waals surface area (Å²) in [5.41, 5.74) is 4.91. The molecule has 96 valence electrons. The quantitative estimate of drug-likeness (QED) is 0.408. The van der Waals surface area contributed by atoms with Gasteiger partial charge < -0.3 is 26.2 Å². The molecular weight excluding hydrogens is 222 g/mol. The molecule has 0 radical (unpaired) electrons. The van der Waals surface area contributed by atoms with E-state index in [0.717, 1.165) is 13.8 Å². The average molecular weight is 239 g/mol. The highest BCUT2D eigenvalue weighted by molar-refractivity contribution is 5.73. The van der Waals surface area contributed by atoms with E-state index in [1.807, 2.05) is 0 Å². The van der Waals surface area contributed by atoms with Gasteiger partial charge in [0.25, 0.3) is 11.9 Å². The van der Waals surface area contributed by atoms with Crippen molar-refractivity contribution in [1.29, 1.82) is 0 Å². The monoisotopic (exact) mass is 239 g/mol. The van der Waals surface area contributed by atoms with Gasteiger partial charge in [-0.05, 0) is 6.92 Å². The van der Waals surface area contributed by atoms with Crippen molar-refractivity contribution in [1.82, 2.24) is 0 Å². The molecule has 0 saturated heterocycles. The molecule has 6 N–H and O–H groups in total. The van der Waals surface area contributed by atoms with E-state index in [1.54, 1.807) is 0 Å². The third-order valence-corrected chi connectivity index (χ3v) is 0.805. The number of nitrogens with two attached hydrogens (primary N) is 1. The lowest BCUT2D eigenvalue weighted by Crippen LogP contribution is -2.39. The SMILES string of the molecule is CC(=O)O.CC(=O)O.C[C@@H](O)[C@H](N)C(=O)O. The lowest BCUT2D eigenvalue weighted by Gasteiger charge is -2.06. The topological polar surface area (TPSA) is 158 Å². The van der Waals surface area contributed by atoms with Gasteiger partial charge in [0.2, 0.25) is 0 Å². The predicted octanol–water partition coefficient (Wildman–Crippen LogP) is -1.04. The maximum atomic E-state index is 9.86. The van der Waals surface area contributed by atoms with Crippen LogP contribution >= 0.6 is 0 Å². The van der Waals surface area contributed by atoms with E-state index >= 15 is 0 Å². The molecule has 0 aromatic heterocycles. The molecule has 0 fully saturated rings. The Morgan fingerprint density at radius 2 is 1.19 bits per heavy atom. The molecule has 0 amide bonds. The molecular formula is C8H17NO7. The highest BCUT2D eigenvalue weighted by Gasteiger charge is 2.16. The van der Waals surface area contributed by atoms with E-state index in [1.165, 1.54) is 6.92 Å². The average Bonchev–Trinajstić information content (AvgIpc) is 2.00. The Morgan fingerprint density at radius 1 is 1.00 bits per heavy atom. The predicted molar refractivity (Wildman–Crippen MR) is 53.9 cm³/mol. The molecule has 8 nitrogen and oxygen atoms in total. The second kappa shape index (κ2) is 11.4. The number of hydrogen-bond donors (Lipinski definition) is 5. The lowest BCUT2D eigenvalue weighted by molar-refractivity contribution is -0.141. The van der Waals surface area contributed by atoms with E-state index in [2.05, 4.69) is 0 Å². The summed E-state index contributed by atoms with van der Waals surface area (Å²) in [5.74, 6) is -2.85. The fraction of sp³-hybridized carbons (Fsp3) is 0.625. The van der Waals surface area contributed by atoms with E-state index < -0.39 is 30.1 Å². The molecule has 0 unspecified atom stereocenters. The first-order valence-corrected chi connectivity index (χ1v) is 4.07. The van der Waals surface area contributed by atoms with E-state index in [4.69, 9.17) is 35.7 Å². The van der Waals surface area contributed by atoms with Crippen LogP contribution in [0.4, 0.5) is 0 Å². The van der Waals surface area contributed by atoms with Crippen molar-refractivity contribution in [3.05, 3.63) is 0 Å². The van der Waals surface area contributed by atoms with Crippen LogP contribution in [-0.4, -0.2) is 50.5 Å². The Bertz CT molecular complexity index is 206. The Morgan fingerprint density at radius 3 is 1.19 bits per heavy atom. The maximum absolute atomic E-state index is 9.86. The fourth-order valence-corrected chi connectivity index (χ4v) is 0.206. The minimum Gasteiger partial charge on any atom is -0.481 e. The maximum Gasteiger partial charge on any atom is 0.323 e. The van der Waals surface area contributed by atoms with Crippen LogP contribution < -0.4 is 5.73 Å². The minimum absolute atomic E-state index is 0.833. The van der Waals surface area contributed by atoms with Crippen molar-refractivity contribution in [2.75, 3.05) is 0 Å². The van der Waals surface area contributed by atoms with E-state index in [9.17, 15) is 4.79 Å². The third kappa shape index (κ3) is 39.5. The lowest BCUT2D eigenvalue weighted by atomic mass is 10.2. The van der Waals surface area contributed by atoms with Gasteiger partial charge in [-0.25, -0.2) is 0 Å². The molecule has 0 spiro atoms. The van der Waals surface area contributed by atoms with Gasteiger partial charge in [-0.3, -0.25) is 14.4 Å². The van der Waals surface area contributed by atoms with Crippen LogP contribution in [0.15, 0.2) is 0 Å². The second-order valence-electron chi connectivity index (χ2n) is 2.64. The molecule has 0 saturated carbocycles. The number of carbonyl (C=O) groups is 3. The van der Waals surface area contributed by atoms with Crippen molar-refractivity contribution in [2.45, 2.75) is 32.9 Å². The zero-order valence-corrected chi connectivity index (χ0v) is 9.25. The van der Waals surface area contributed by atoms with Gasteiger partial charge in [0.1, 0.15) is 6.04 Å². The summed E-state index contributed by atoms with van der Waals surface area (Å²) in [6.07, 6.45) is -0.979. The molecule has 0 aromatic carbocycles. The summed E-state index contributed by atoms with van der Waals surface area (Å²) in [4.78, 5) is 27.9. The van der Waals surface area contributed by atoms with Gasteiger partial charge in [0, 0.05) is 13.8 Å². The van der Waals surface area contributed by atoms with Crippen molar-refractivity contribution in [3.8, 4) is 0 Å². The highest BCUT2D eigenvalue weighted by Crippen LogP contribution is 1.85. The number of hydrogen-bond acceptors (Lipinski definition) is 5. The molecule has 0 rings (SSSR count). The second-order valence-corrected chi connectivity index (χ2v) is 2.64. The summed E-state index contributed by atoms with van der Waals surface area (Å²) >= 11 is 0. The zero-order chi connectivity index (χ0) is 13.9. The third-order valence-electron chi connectivity index (χ3n) is 0.805. The van der Waals surface area contributed by atoms with Gasteiger partial charge in [-0.2, -0.15) is 0 Å². The van der Waals surface area contributed by atoms with Crippen LogP contribution in [0.25, 0.3) is 0 Å². The van der Waals surface area contributed by atoms with Gasteiger partial charge in [0.15, 0.2) is 0 Å². The number of aliphatic carboxylic acids is 3. The molecule has 0 bridgehead atoms. The molecule has 0 aromatic rings. The number of aliphatic hydroxyl groups excluding tert-OH is 1. The summed E-state index contributed by atoms with van der Waals surface area (Å²) in [6, 6.07) is -1.16. The molecule has 8 heteroatoms. The first-order chi connectivity index (χ1) is 7.02. The normalized spacial score (nSPS) is 11.8. The molecule has 2 atom stereocenters. The van der Waals surface area contributed by atoms with Crippen molar-refractivity contribution < 1.29 is 34.8 Å². The summed E-state index contributed by atoms with van der Waals surface area (Å²) < 4.78 is 0. The summed E-state index contributed by atoms with van der Waals surface area (Å²) in [6.45, 7) is 3.50. The van der Waals surface area contributed by atoms with Crippen LogP contribution in [0, 0.1) is 0 Å². The molecule has 0 aliphatic carbocycles. The van der Waals surface area contributed by atoms with E-state index in [-0.39, 0.29) is 0 Å². The number of aliphatic hydroxyl groups is 1. The standard InChI is InChI=1S/C4H9NO3.2C2H4O2/c1-2(6)3(5)4(7)8;2*1-2(3)4/h2-3,6H,5H2,1H3,(H,7,8);2*1H3,(H,3,4)/t2-,3+;;/m1../s1. The number of rotatable bonds is 2. The van der Waals surface area contributed by atoms with Crippen molar-refractivity contribution in [2.24, 2.45) is 5.73 Å². The summed E-state index contributed by atoms with van der Waals surface area (Å²) in [5, 5.41) is 31.4. The molecule has 0 aliphatic heterocycles. The Hall–Kier alpha value is -1.67. The Kier molecular flexibility index (Phi) is 14.1. The molecule has 0 heterocycles. The number of carboxylic acid groups (broad SMARTS) is 3. The van der Waals surface area contributed by atoms with Crippen LogP contribution in [0.1, 0.15) is 20.8 Å². The Labute approximate surface area is 92.3 Å². The van der Waals surface area contributed by atoms with Crippen LogP contribution in [0.2, 0.25) is 0 Å². The number of carboxylic acids is 3. The van der Waals surface area contributed by atoms with Gasteiger partial charge in [0.05, 0.1) is 6.10 Å². The van der Waals surface area contributed by atoms with Gasteiger partial charge >= 0.3 is 5.97 Å². The highest BCUT2D eigenvalue weighted by atomic mass is 16.4. The molecule has 0 aliphatic rings. The van der Waals surface area contributed by atoms with Gasteiger partial charge in [-0.15, -0.1) is 0 Å². The van der Waals surface area contributed by atoms with Crippen molar-refractivity contribution >= 4 is 17.9 Å². The van der Waals surface area contributed by atoms with Gasteiger partial charge in [-0.1, -0.05) is 0 Å². The van der Waals surface area contributed by atoms with Crippen LogP contribution in [0.3, 0.4) is 0 Å². The first kappa shape index (κ1) is 19.8. The largest absolute Gasteiger partial charge is 0.481 e. The Balaban J connectivity index is -0.000000179. The van der Waals surface area contributed by atoms with Crippen LogP contribution in [-0.2, 0) is 14.4 Å². The van der Waals surface area contributed by atoms with Crippen LogP contribution in [0.5, 0.6) is 0 Å².